The van der Waals surface area contributed by atoms with Crippen molar-refractivity contribution in [2.24, 2.45) is 0 Å². The zero-order chi connectivity index (χ0) is 16.9. The Labute approximate surface area is 139 Å². The maximum absolute atomic E-state index is 11.9. The first-order valence-corrected chi connectivity index (χ1v) is 7.51. The quantitative estimate of drug-likeness (QED) is 0.854. The van der Waals surface area contributed by atoms with Gasteiger partial charge < -0.3 is 19.5 Å². The molecule has 2 aromatic rings. The fourth-order valence-corrected chi connectivity index (χ4v) is 2.33. The second kappa shape index (κ2) is 7.04. The van der Waals surface area contributed by atoms with Crippen LogP contribution in [0.15, 0.2) is 42.5 Å². The molecule has 1 aliphatic rings. The van der Waals surface area contributed by atoms with Crippen molar-refractivity contribution in [3.63, 3.8) is 0 Å². The Morgan fingerprint density at radius 3 is 2.75 bits per heavy atom. The largest absolute Gasteiger partial charge is 0.455 e. The molecule has 0 saturated heterocycles. The summed E-state index contributed by atoms with van der Waals surface area (Å²) in [6.45, 7) is 1.76. The van der Waals surface area contributed by atoms with Crippen LogP contribution >= 0.6 is 0 Å². The lowest BCUT2D eigenvalue weighted by molar-refractivity contribution is -0.146. The van der Waals surface area contributed by atoms with Crippen LogP contribution in [0.4, 0.5) is 5.69 Å². The molecule has 24 heavy (non-hydrogen) atoms. The maximum Gasteiger partial charge on any atom is 0.310 e. The molecule has 1 amide bonds. The third-order valence-corrected chi connectivity index (χ3v) is 3.62. The van der Waals surface area contributed by atoms with Gasteiger partial charge in [-0.1, -0.05) is 24.3 Å². The molecule has 124 valence electrons. The summed E-state index contributed by atoms with van der Waals surface area (Å²) in [7, 11) is 0. The van der Waals surface area contributed by atoms with Crippen LogP contribution in [0.5, 0.6) is 11.5 Å². The van der Waals surface area contributed by atoms with Gasteiger partial charge in [0.05, 0.1) is 6.42 Å². The Hall–Kier alpha value is -3.02. The van der Waals surface area contributed by atoms with E-state index in [0.29, 0.717) is 17.2 Å². The third-order valence-electron chi connectivity index (χ3n) is 3.62. The average Bonchev–Trinajstić information content (AvgIpc) is 3.03. The number of carbonyl (C=O) groups is 2. The highest BCUT2D eigenvalue weighted by atomic mass is 16.7. The molecule has 6 heteroatoms. The van der Waals surface area contributed by atoms with Crippen molar-refractivity contribution in [3.05, 3.63) is 53.6 Å². The van der Waals surface area contributed by atoms with E-state index in [1.165, 1.54) is 0 Å². The summed E-state index contributed by atoms with van der Waals surface area (Å²) in [6, 6.07) is 12.6. The van der Waals surface area contributed by atoms with Crippen molar-refractivity contribution in [2.45, 2.75) is 13.3 Å². The van der Waals surface area contributed by atoms with Crippen LogP contribution in [-0.2, 0) is 20.7 Å². The van der Waals surface area contributed by atoms with Gasteiger partial charge in [0.2, 0.25) is 6.79 Å². The molecule has 0 saturated carbocycles. The molecule has 0 aromatic heterocycles. The summed E-state index contributed by atoms with van der Waals surface area (Å²) in [5, 5.41) is 2.65. The molecule has 0 unspecified atom stereocenters. The van der Waals surface area contributed by atoms with Crippen LogP contribution in [0.25, 0.3) is 0 Å². The Kier molecular flexibility index (Phi) is 4.65. The van der Waals surface area contributed by atoms with Crippen molar-refractivity contribution < 1.29 is 23.8 Å². The fourth-order valence-electron chi connectivity index (χ4n) is 2.33. The molecular weight excluding hydrogens is 310 g/mol. The smallest absolute Gasteiger partial charge is 0.310 e. The molecule has 6 nitrogen and oxygen atoms in total. The predicted octanol–water partition coefficient (Wildman–Crippen LogP) is 2.45. The first-order valence-electron chi connectivity index (χ1n) is 7.51. The number of fused-ring (bicyclic) bond motifs is 1. The standard InChI is InChI=1S/C18H17NO5/c1-12-4-2-3-5-13(12)8-18(21)22-10-17(20)19-14-6-7-15-16(9-14)24-11-23-15/h2-7,9H,8,10-11H2,1H3,(H,19,20). The highest BCUT2D eigenvalue weighted by Gasteiger charge is 2.15. The van der Waals surface area contributed by atoms with Gasteiger partial charge in [-0.2, -0.15) is 0 Å². The molecule has 0 fully saturated rings. The molecule has 0 bridgehead atoms. The summed E-state index contributed by atoms with van der Waals surface area (Å²) in [5.74, 6) is 0.360. The zero-order valence-corrected chi connectivity index (χ0v) is 13.2. The van der Waals surface area contributed by atoms with Gasteiger partial charge in [0, 0.05) is 11.8 Å². The Morgan fingerprint density at radius 1 is 1.12 bits per heavy atom. The van der Waals surface area contributed by atoms with Crippen molar-refractivity contribution >= 4 is 17.6 Å². The second-order valence-corrected chi connectivity index (χ2v) is 5.38. The highest BCUT2D eigenvalue weighted by Crippen LogP contribution is 2.34. The van der Waals surface area contributed by atoms with Gasteiger partial charge in [0.25, 0.3) is 5.91 Å². The first kappa shape index (κ1) is 15.9. The fraction of sp³-hybridized carbons (Fsp3) is 0.222. The van der Waals surface area contributed by atoms with Crippen LogP contribution in [0.2, 0.25) is 0 Å². The lowest BCUT2D eigenvalue weighted by atomic mass is 10.1. The minimum Gasteiger partial charge on any atom is -0.455 e. The molecule has 1 N–H and O–H groups in total. The molecule has 0 aliphatic carbocycles. The summed E-state index contributed by atoms with van der Waals surface area (Å²) >= 11 is 0. The van der Waals surface area contributed by atoms with Gasteiger partial charge in [-0.3, -0.25) is 9.59 Å². The zero-order valence-electron chi connectivity index (χ0n) is 13.2. The minimum absolute atomic E-state index is 0.143. The summed E-state index contributed by atoms with van der Waals surface area (Å²) in [4.78, 5) is 23.7. The molecule has 0 spiro atoms. The molecule has 0 atom stereocenters. The molecule has 2 aromatic carbocycles. The predicted molar refractivity (Wildman–Crippen MR) is 87.0 cm³/mol. The highest BCUT2D eigenvalue weighted by molar-refractivity contribution is 5.93. The van der Waals surface area contributed by atoms with Crippen LogP contribution < -0.4 is 14.8 Å². The van der Waals surface area contributed by atoms with E-state index < -0.39 is 11.9 Å². The van der Waals surface area contributed by atoms with E-state index in [4.69, 9.17) is 14.2 Å². The number of esters is 1. The molecular formula is C18H17NO5. The van der Waals surface area contributed by atoms with Crippen LogP contribution in [-0.4, -0.2) is 25.3 Å². The second-order valence-electron chi connectivity index (χ2n) is 5.38. The van der Waals surface area contributed by atoms with E-state index in [0.717, 1.165) is 11.1 Å². The number of anilines is 1. The monoisotopic (exact) mass is 327 g/mol. The number of hydrogen-bond donors (Lipinski definition) is 1. The lowest BCUT2D eigenvalue weighted by Crippen LogP contribution is -2.21. The molecule has 1 heterocycles. The molecule has 0 radical (unpaired) electrons. The Bertz CT molecular complexity index is 772. The Morgan fingerprint density at radius 2 is 1.92 bits per heavy atom. The van der Waals surface area contributed by atoms with E-state index in [1.54, 1.807) is 18.2 Å². The van der Waals surface area contributed by atoms with E-state index in [9.17, 15) is 9.59 Å². The number of carbonyl (C=O) groups excluding carboxylic acids is 2. The van der Waals surface area contributed by atoms with E-state index in [1.807, 2.05) is 31.2 Å². The first-order chi connectivity index (χ1) is 11.6. The van der Waals surface area contributed by atoms with Crippen molar-refractivity contribution in [1.29, 1.82) is 0 Å². The van der Waals surface area contributed by atoms with Gasteiger partial charge in [-0.25, -0.2) is 0 Å². The summed E-state index contributed by atoms with van der Waals surface area (Å²) in [6.07, 6.45) is 0.143. The molecule has 3 rings (SSSR count). The number of benzene rings is 2. The summed E-state index contributed by atoms with van der Waals surface area (Å²) < 4.78 is 15.5. The van der Waals surface area contributed by atoms with Gasteiger partial charge in [-0.05, 0) is 30.2 Å². The number of nitrogens with one attached hydrogen (secondary N) is 1. The van der Waals surface area contributed by atoms with Crippen LogP contribution in [0, 0.1) is 6.92 Å². The van der Waals surface area contributed by atoms with E-state index in [2.05, 4.69) is 5.32 Å². The number of hydrogen-bond acceptors (Lipinski definition) is 5. The SMILES string of the molecule is Cc1ccccc1CC(=O)OCC(=O)Nc1ccc2c(c1)OCO2. The van der Waals surface area contributed by atoms with Crippen LogP contribution in [0.3, 0.4) is 0 Å². The van der Waals surface area contributed by atoms with Gasteiger partial charge in [-0.15, -0.1) is 0 Å². The van der Waals surface area contributed by atoms with Gasteiger partial charge >= 0.3 is 5.97 Å². The van der Waals surface area contributed by atoms with Crippen molar-refractivity contribution in [3.8, 4) is 11.5 Å². The number of aryl methyl sites for hydroxylation is 1. The lowest BCUT2D eigenvalue weighted by Gasteiger charge is -2.08. The van der Waals surface area contributed by atoms with Crippen molar-refractivity contribution in [2.75, 3.05) is 18.7 Å². The number of ether oxygens (including phenoxy) is 3. The van der Waals surface area contributed by atoms with Gasteiger partial charge in [0.1, 0.15) is 0 Å². The minimum atomic E-state index is -0.440. The van der Waals surface area contributed by atoms with Gasteiger partial charge in [0.15, 0.2) is 18.1 Å². The third kappa shape index (κ3) is 3.84. The topological polar surface area (TPSA) is 73.9 Å². The number of amides is 1. The summed E-state index contributed by atoms with van der Waals surface area (Å²) in [5.41, 5.74) is 2.46. The van der Waals surface area contributed by atoms with E-state index >= 15 is 0 Å². The Balaban J connectivity index is 1.49. The van der Waals surface area contributed by atoms with E-state index in [-0.39, 0.29) is 19.8 Å². The maximum atomic E-state index is 11.9. The average molecular weight is 327 g/mol. The molecule has 1 aliphatic heterocycles. The normalized spacial score (nSPS) is 11.9. The van der Waals surface area contributed by atoms with Crippen LogP contribution in [0.1, 0.15) is 11.1 Å². The van der Waals surface area contributed by atoms with Crippen molar-refractivity contribution in [1.82, 2.24) is 0 Å². The number of rotatable bonds is 5.